The molecule has 1 fully saturated rings. The first-order valence-corrected chi connectivity index (χ1v) is 15.3. The van der Waals surface area contributed by atoms with Crippen LogP contribution in [0.4, 0.5) is 5.82 Å². The molecule has 2 N–H and O–H groups in total. The number of aromatic nitrogens is 2. The number of carboxylic acid groups (broad SMARTS) is 1. The summed E-state index contributed by atoms with van der Waals surface area (Å²) in [5.41, 5.74) is 4.11. The summed E-state index contributed by atoms with van der Waals surface area (Å²) >= 11 is 0. The predicted molar refractivity (Wildman–Crippen MR) is 156 cm³/mol. The highest BCUT2D eigenvalue weighted by molar-refractivity contribution is 7.89. The van der Waals surface area contributed by atoms with Gasteiger partial charge in [-0.05, 0) is 54.2 Å². The molecule has 1 aromatic heterocycles. The Labute approximate surface area is 241 Å². The zero-order valence-electron chi connectivity index (χ0n) is 23.7. The van der Waals surface area contributed by atoms with Crippen molar-refractivity contribution < 1.29 is 23.1 Å². The molecule has 0 bridgehead atoms. The monoisotopic (exact) mass is 579 g/mol. The van der Waals surface area contributed by atoms with E-state index >= 15 is 0 Å². The Morgan fingerprint density at radius 3 is 2.27 bits per heavy atom. The third-order valence-electron chi connectivity index (χ3n) is 7.28. The van der Waals surface area contributed by atoms with Gasteiger partial charge in [0.25, 0.3) is 0 Å². The number of benzene rings is 2. The SMILES string of the molecule is CCCc1ccc(S(=O)(=O)N2CCN(c3cnc(C(=O)O)cn3)C[C@@H]2C(=O)NCc2ccc(CCC)cc2C)cc1. The Kier molecular flexibility index (Phi) is 9.72. The van der Waals surface area contributed by atoms with E-state index in [1.165, 1.54) is 16.1 Å². The van der Waals surface area contributed by atoms with E-state index in [1.807, 2.05) is 25.1 Å². The molecule has 3 aromatic rings. The van der Waals surface area contributed by atoms with Crippen LogP contribution in [0.5, 0.6) is 0 Å². The molecule has 0 saturated carbocycles. The number of nitrogens with one attached hydrogen (secondary N) is 1. The largest absolute Gasteiger partial charge is 0.476 e. The molecule has 11 heteroatoms. The standard InChI is InChI=1S/C30H37N5O5S/c1-4-6-22-9-12-25(13-10-22)41(39,40)35-15-14-34(28-19-31-26(18-32-28)30(37)38)20-27(35)29(36)33-17-24-11-8-23(7-5-2)16-21(24)3/h8-13,16,18-19,27H,4-7,14-15,17,20H2,1-3H3,(H,33,36)(H,37,38)/t27-/m1/s1. The minimum absolute atomic E-state index is 0.0362. The minimum atomic E-state index is -3.98. The molecule has 41 heavy (non-hydrogen) atoms. The van der Waals surface area contributed by atoms with Gasteiger partial charge in [-0.1, -0.05) is 57.0 Å². The maximum atomic E-state index is 13.8. The lowest BCUT2D eigenvalue weighted by molar-refractivity contribution is -0.125. The first-order valence-electron chi connectivity index (χ1n) is 13.9. The van der Waals surface area contributed by atoms with Gasteiger partial charge >= 0.3 is 5.97 Å². The Balaban J connectivity index is 1.59. The van der Waals surface area contributed by atoms with E-state index in [0.717, 1.165) is 48.6 Å². The van der Waals surface area contributed by atoms with Crippen molar-refractivity contribution in [2.45, 2.75) is 63.9 Å². The summed E-state index contributed by atoms with van der Waals surface area (Å²) in [6.07, 6.45) is 6.31. The predicted octanol–water partition coefficient (Wildman–Crippen LogP) is 3.58. The van der Waals surface area contributed by atoms with Crippen LogP contribution < -0.4 is 10.2 Å². The quantitative estimate of drug-likeness (QED) is 0.352. The molecule has 0 radical (unpaired) electrons. The number of aromatic carboxylic acids is 1. The molecule has 2 heterocycles. The van der Waals surface area contributed by atoms with Crippen LogP contribution in [0.2, 0.25) is 0 Å². The van der Waals surface area contributed by atoms with E-state index < -0.39 is 27.9 Å². The van der Waals surface area contributed by atoms with Gasteiger partial charge in [0.05, 0.1) is 17.3 Å². The Hall–Kier alpha value is -3.83. The lowest BCUT2D eigenvalue weighted by Gasteiger charge is -2.40. The van der Waals surface area contributed by atoms with Gasteiger partial charge in [0.15, 0.2) is 5.69 Å². The molecular formula is C30H37N5O5S. The molecule has 218 valence electrons. The van der Waals surface area contributed by atoms with Gasteiger partial charge in [-0.2, -0.15) is 4.31 Å². The maximum absolute atomic E-state index is 13.8. The van der Waals surface area contributed by atoms with Crippen LogP contribution in [0.25, 0.3) is 0 Å². The van der Waals surface area contributed by atoms with E-state index in [2.05, 4.69) is 41.3 Å². The fourth-order valence-electron chi connectivity index (χ4n) is 5.02. The summed E-state index contributed by atoms with van der Waals surface area (Å²) in [5.74, 6) is -1.25. The van der Waals surface area contributed by atoms with Crippen molar-refractivity contribution in [1.82, 2.24) is 19.6 Å². The molecule has 1 atom stereocenters. The third-order valence-corrected chi connectivity index (χ3v) is 9.20. The zero-order chi connectivity index (χ0) is 29.6. The minimum Gasteiger partial charge on any atom is -0.476 e. The summed E-state index contributed by atoms with van der Waals surface area (Å²) in [4.78, 5) is 34.9. The summed E-state index contributed by atoms with van der Waals surface area (Å²) in [6, 6.07) is 11.9. The van der Waals surface area contributed by atoms with Crippen LogP contribution in [-0.4, -0.2) is 65.4 Å². The molecule has 10 nitrogen and oxygen atoms in total. The second kappa shape index (κ2) is 13.2. The molecule has 1 aliphatic rings. The van der Waals surface area contributed by atoms with Gasteiger partial charge in [0, 0.05) is 26.2 Å². The summed E-state index contributed by atoms with van der Waals surface area (Å²) < 4.78 is 28.8. The summed E-state index contributed by atoms with van der Waals surface area (Å²) in [6.45, 7) is 6.80. The number of amides is 1. The number of carbonyl (C=O) groups excluding carboxylic acids is 1. The van der Waals surface area contributed by atoms with Gasteiger partial charge in [0.1, 0.15) is 11.9 Å². The Bertz CT molecular complexity index is 1480. The third kappa shape index (κ3) is 7.09. The van der Waals surface area contributed by atoms with Crippen molar-refractivity contribution in [3.63, 3.8) is 0 Å². The lowest BCUT2D eigenvalue weighted by Crippen LogP contribution is -2.60. The van der Waals surface area contributed by atoms with Crippen molar-refractivity contribution in [1.29, 1.82) is 0 Å². The first-order chi connectivity index (χ1) is 19.6. The molecule has 1 amide bonds. The maximum Gasteiger partial charge on any atom is 0.356 e. The van der Waals surface area contributed by atoms with Crippen molar-refractivity contribution in [3.05, 3.63) is 82.8 Å². The Morgan fingerprint density at radius 1 is 0.976 bits per heavy atom. The first kappa shape index (κ1) is 30.1. The van der Waals surface area contributed by atoms with Gasteiger partial charge in [-0.25, -0.2) is 23.2 Å². The molecule has 0 aliphatic carbocycles. The number of anilines is 1. The van der Waals surface area contributed by atoms with Crippen LogP contribution in [0.1, 0.15) is 59.4 Å². The van der Waals surface area contributed by atoms with Crippen molar-refractivity contribution >= 4 is 27.7 Å². The van der Waals surface area contributed by atoms with Crippen LogP contribution in [0.15, 0.2) is 59.8 Å². The van der Waals surface area contributed by atoms with Gasteiger partial charge < -0.3 is 15.3 Å². The van der Waals surface area contributed by atoms with Crippen LogP contribution >= 0.6 is 0 Å². The molecule has 0 spiro atoms. The highest BCUT2D eigenvalue weighted by Crippen LogP contribution is 2.25. The number of aryl methyl sites for hydroxylation is 3. The fraction of sp³-hybridized carbons (Fsp3) is 0.400. The Morgan fingerprint density at radius 2 is 1.66 bits per heavy atom. The highest BCUT2D eigenvalue weighted by atomic mass is 32.2. The van der Waals surface area contributed by atoms with Gasteiger partial charge in [0.2, 0.25) is 15.9 Å². The summed E-state index contributed by atoms with van der Waals surface area (Å²) in [5, 5.41) is 12.1. The van der Waals surface area contributed by atoms with Crippen molar-refractivity contribution in [3.8, 4) is 0 Å². The number of piperazine rings is 1. The number of carbonyl (C=O) groups is 2. The van der Waals surface area contributed by atoms with E-state index in [0.29, 0.717) is 5.82 Å². The topological polar surface area (TPSA) is 133 Å². The number of nitrogens with zero attached hydrogens (tertiary/aromatic N) is 4. The number of rotatable bonds is 11. The lowest BCUT2D eigenvalue weighted by atomic mass is 10.0. The molecule has 2 aromatic carbocycles. The van der Waals surface area contributed by atoms with E-state index in [9.17, 15) is 18.0 Å². The highest BCUT2D eigenvalue weighted by Gasteiger charge is 2.40. The van der Waals surface area contributed by atoms with Crippen LogP contribution in [0, 0.1) is 6.92 Å². The second-order valence-electron chi connectivity index (χ2n) is 10.3. The number of sulfonamides is 1. The van der Waals surface area contributed by atoms with Gasteiger partial charge in [-0.3, -0.25) is 4.79 Å². The second-order valence-corrected chi connectivity index (χ2v) is 12.2. The van der Waals surface area contributed by atoms with Crippen molar-refractivity contribution in [2.75, 3.05) is 24.5 Å². The normalized spacial score (nSPS) is 16.0. The molecule has 0 unspecified atom stereocenters. The van der Waals surface area contributed by atoms with E-state index in [-0.39, 0.29) is 36.8 Å². The van der Waals surface area contributed by atoms with Crippen LogP contribution in [0.3, 0.4) is 0 Å². The molecule has 4 rings (SSSR count). The molecule has 1 saturated heterocycles. The zero-order valence-corrected chi connectivity index (χ0v) is 24.5. The number of hydrogen-bond acceptors (Lipinski definition) is 7. The van der Waals surface area contributed by atoms with E-state index in [4.69, 9.17) is 5.11 Å². The fourth-order valence-corrected chi connectivity index (χ4v) is 6.59. The number of hydrogen-bond donors (Lipinski definition) is 2. The van der Waals surface area contributed by atoms with Crippen LogP contribution in [-0.2, 0) is 34.2 Å². The average Bonchev–Trinajstić information content (AvgIpc) is 2.97. The molecular weight excluding hydrogens is 542 g/mol. The van der Waals surface area contributed by atoms with Gasteiger partial charge in [-0.15, -0.1) is 0 Å². The summed E-state index contributed by atoms with van der Waals surface area (Å²) in [7, 11) is -3.98. The number of carboxylic acids is 1. The smallest absolute Gasteiger partial charge is 0.356 e. The molecule has 1 aliphatic heterocycles. The van der Waals surface area contributed by atoms with Crippen molar-refractivity contribution in [2.24, 2.45) is 0 Å². The van der Waals surface area contributed by atoms with E-state index in [1.54, 1.807) is 17.0 Å². The average molecular weight is 580 g/mol.